The molecule has 2 N–H and O–H groups in total. The van der Waals surface area contributed by atoms with Crippen LogP contribution in [0, 0.1) is 11.2 Å². The molecule has 27 heavy (non-hydrogen) atoms. The Morgan fingerprint density at radius 2 is 1.74 bits per heavy atom. The smallest absolute Gasteiger partial charge is 0.123 e. The highest BCUT2D eigenvalue weighted by molar-refractivity contribution is 5.83. The highest BCUT2D eigenvalue weighted by atomic mass is 19.1. The van der Waals surface area contributed by atoms with Crippen LogP contribution in [-0.4, -0.2) is 39.0 Å². The molecule has 0 aliphatic carbocycles. The Hall–Kier alpha value is -3.02. The van der Waals surface area contributed by atoms with E-state index >= 15 is 0 Å². The van der Waals surface area contributed by atoms with Crippen LogP contribution in [0.1, 0.15) is 31.4 Å². The van der Waals surface area contributed by atoms with Gasteiger partial charge in [-0.15, -0.1) is 0 Å². The Morgan fingerprint density at radius 1 is 1.07 bits per heavy atom. The summed E-state index contributed by atoms with van der Waals surface area (Å²) in [5, 5.41) is 15.7. The number of pyridine rings is 1. The summed E-state index contributed by atoms with van der Waals surface area (Å²) in [6, 6.07) is 10.4. The largest absolute Gasteiger partial charge is 0.361 e. The molecular formula is C21H22FN5. The fourth-order valence-electron chi connectivity index (χ4n) is 3.78. The summed E-state index contributed by atoms with van der Waals surface area (Å²) in [4.78, 5) is 6.24. The van der Waals surface area contributed by atoms with Crippen molar-refractivity contribution < 1.29 is 4.39 Å². The quantitative estimate of drug-likeness (QED) is 0.533. The van der Waals surface area contributed by atoms with E-state index in [-0.39, 0.29) is 5.82 Å². The van der Waals surface area contributed by atoms with Crippen molar-refractivity contribution >= 4 is 5.84 Å². The van der Waals surface area contributed by atoms with Gasteiger partial charge in [0.25, 0.3) is 0 Å². The topological polar surface area (TPSA) is 68.7 Å². The van der Waals surface area contributed by atoms with Crippen LogP contribution in [-0.2, 0) is 0 Å². The molecule has 2 aromatic heterocycles. The highest BCUT2D eigenvalue weighted by Crippen LogP contribution is 2.39. The monoisotopic (exact) mass is 363 g/mol. The van der Waals surface area contributed by atoms with Crippen LogP contribution in [0.25, 0.3) is 22.4 Å². The van der Waals surface area contributed by atoms with E-state index in [1.54, 1.807) is 24.5 Å². The molecule has 0 saturated carbocycles. The lowest BCUT2D eigenvalue weighted by atomic mass is 9.87. The van der Waals surface area contributed by atoms with Gasteiger partial charge in [0.05, 0.1) is 5.84 Å². The van der Waals surface area contributed by atoms with Crippen molar-refractivity contribution in [2.45, 2.75) is 25.7 Å². The van der Waals surface area contributed by atoms with Gasteiger partial charge in [0.15, 0.2) is 0 Å². The van der Waals surface area contributed by atoms with Crippen molar-refractivity contribution in [3.8, 4) is 22.4 Å². The number of nitrogens with zero attached hydrogens (tertiary/aromatic N) is 3. The standard InChI is InChI=1S/C21H22FN5/c1-14(23)27-12-8-17(9-13-27)21-19(15-6-10-24-11-7-15)20(25-26-21)16-2-4-18(22)5-3-16/h2-7,10-11,17,23H,8-9,12-13H2,1H3,(H,25,26). The number of rotatable bonds is 3. The van der Waals surface area contributed by atoms with Gasteiger partial charge in [-0.2, -0.15) is 5.10 Å². The number of aromatic nitrogens is 3. The molecule has 0 bridgehead atoms. The van der Waals surface area contributed by atoms with Crippen LogP contribution in [0.15, 0.2) is 48.8 Å². The van der Waals surface area contributed by atoms with E-state index < -0.39 is 0 Å². The zero-order chi connectivity index (χ0) is 18.8. The molecule has 138 valence electrons. The molecule has 0 spiro atoms. The van der Waals surface area contributed by atoms with E-state index in [0.717, 1.165) is 54.0 Å². The van der Waals surface area contributed by atoms with Gasteiger partial charge in [-0.3, -0.25) is 15.5 Å². The number of benzene rings is 1. The van der Waals surface area contributed by atoms with Gasteiger partial charge >= 0.3 is 0 Å². The average molecular weight is 363 g/mol. The first-order valence-corrected chi connectivity index (χ1v) is 9.18. The molecular weight excluding hydrogens is 341 g/mol. The SMILES string of the molecule is CC(=N)N1CCC(c2[nH]nc(-c3ccc(F)cc3)c2-c2ccncc2)CC1. The van der Waals surface area contributed by atoms with Gasteiger partial charge in [-0.1, -0.05) is 0 Å². The molecule has 1 fully saturated rings. The van der Waals surface area contributed by atoms with Gasteiger partial charge in [0.1, 0.15) is 11.5 Å². The minimum atomic E-state index is -0.255. The molecule has 0 unspecified atom stereocenters. The molecule has 0 atom stereocenters. The second-order valence-electron chi connectivity index (χ2n) is 6.95. The van der Waals surface area contributed by atoms with Crippen molar-refractivity contribution in [3.63, 3.8) is 0 Å². The number of hydrogen-bond acceptors (Lipinski definition) is 3. The third-order valence-corrected chi connectivity index (χ3v) is 5.26. The summed E-state index contributed by atoms with van der Waals surface area (Å²) in [6.45, 7) is 3.59. The lowest BCUT2D eigenvalue weighted by Gasteiger charge is -2.32. The summed E-state index contributed by atoms with van der Waals surface area (Å²) < 4.78 is 13.4. The third kappa shape index (κ3) is 3.47. The molecule has 3 heterocycles. The predicted octanol–water partition coefficient (Wildman–Crippen LogP) is 4.45. The maximum absolute atomic E-state index is 13.4. The maximum Gasteiger partial charge on any atom is 0.123 e. The Morgan fingerprint density at radius 3 is 2.37 bits per heavy atom. The Labute approximate surface area is 157 Å². The fraction of sp³-hybridized carbons (Fsp3) is 0.286. The molecule has 0 radical (unpaired) electrons. The average Bonchev–Trinajstić information content (AvgIpc) is 3.14. The number of halogens is 1. The lowest BCUT2D eigenvalue weighted by Crippen LogP contribution is -2.36. The number of piperidine rings is 1. The summed E-state index contributed by atoms with van der Waals surface area (Å²) in [5.74, 6) is 0.722. The molecule has 5 nitrogen and oxygen atoms in total. The maximum atomic E-state index is 13.4. The van der Waals surface area contributed by atoms with E-state index in [4.69, 9.17) is 5.41 Å². The number of aromatic amines is 1. The normalized spacial score (nSPS) is 15.1. The zero-order valence-corrected chi connectivity index (χ0v) is 15.2. The summed E-state index contributed by atoms with van der Waals surface area (Å²) in [7, 11) is 0. The number of nitrogens with one attached hydrogen (secondary N) is 2. The third-order valence-electron chi connectivity index (χ3n) is 5.26. The number of likely N-dealkylation sites (tertiary alicyclic amines) is 1. The van der Waals surface area contributed by atoms with E-state index in [1.807, 2.05) is 19.1 Å². The van der Waals surface area contributed by atoms with Crippen molar-refractivity contribution in [2.75, 3.05) is 13.1 Å². The zero-order valence-electron chi connectivity index (χ0n) is 15.2. The van der Waals surface area contributed by atoms with Gasteiger partial charge < -0.3 is 4.90 Å². The number of H-pyrrole nitrogens is 1. The van der Waals surface area contributed by atoms with Gasteiger partial charge in [0, 0.05) is 48.2 Å². The Kier molecular flexibility index (Phi) is 4.71. The lowest BCUT2D eigenvalue weighted by molar-refractivity contribution is 0.307. The Bertz CT molecular complexity index is 925. The molecule has 0 amide bonds. The number of amidine groups is 1. The second kappa shape index (κ2) is 7.31. The minimum absolute atomic E-state index is 0.255. The first-order valence-electron chi connectivity index (χ1n) is 9.18. The molecule has 1 saturated heterocycles. The minimum Gasteiger partial charge on any atom is -0.361 e. The van der Waals surface area contributed by atoms with Crippen molar-refractivity contribution in [1.82, 2.24) is 20.1 Å². The molecule has 1 aromatic carbocycles. The van der Waals surface area contributed by atoms with Gasteiger partial charge in [-0.25, -0.2) is 4.39 Å². The second-order valence-corrected chi connectivity index (χ2v) is 6.95. The van der Waals surface area contributed by atoms with Crippen molar-refractivity contribution in [3.05, 3.63) is 60.3 Å². The van der Waals surface area contributed by atoms with E-state index in [0.29, 0.717) is 11.8 Å². The molecule has 1 aliphatic rings. The van der Waals surface area contributed by atoms with Crippen LogP contribution in [0.5, 0.6) is 0 Å². The van der Waals surface area contributed by atoms with Crippen molar-refractivity contribution in [2.24, 2.45) is 0 Å². The van der Waals surface area contributed by atoms with Gasteiger partial charge in [-0.05, 0) is 61.7 Å². The van der Waals surface area contributed by atoms with E-state index in [1.165, 1.54) is 12.1 Å². The first-order chi connectivity index (χ1) is 13.1. The number of hydrogen-bond donors (Lipinski definition) is 2. The predicted molar refractivity (Wildman–Crippen MR) is 104 cm³/mol. The summed E-state index contributed by atoms with van der Waals surface area (Å²) in [5.41, 5.74) is 4.95. The summed E-state index contributed by atoms with van der Waals surface area (Å²) in [6.07, 6.45) is 5.50. The molecule has 6 heteroatoms. The fourth-order valence-corrected chi connectivity index (χ4v) is 3.78. The summed E-state index contributed by atoms with van der Waals surface area (Å²) >= 11 is 0. The van der Waals surface area contributed by atoms with Crippen molar-refractivity contribution in [1.29, 1.82) is 5.41 Å². The Balaban J connectivity index is 1.74. The molecule has 3 aromatic rings. The van der Waals surface area contributed by atoms with E-state index in [2.05, 4.69) is 20.1 Å². The highest BCUT2D eigenvalue weighted by Gasteiger charge is 2.27. The van der Waals surface area contributed by atoms with Crippen LogP contribution in [0.4, 0.5) is 4.39 Å². The van der Waals surface area contributed by atoms with E-state index in [9.17, 15) is 4.39 Å². The van der Waals surface area contributed by atoms with Crippen LogP contribution < -0.4 is 0 Å². The molecule has 1 aliphatic heterocycles. The van der Waals surface area contributed by atoms with Gasteiger partial charge in [0.2, 0.25) is 0 Å². The van der Waals surface area contributed by atoms with Crippen LogP contribution in [0.2, 0.25) is 0 Å². The van der Waals surface area contributed by atoms with Crippen LogP contribution >= 0.6 is 0 Å². The molecule has 4 rings (SSSR count). The van der Waals surface area contributed by atoms with Crippen LogP contribution in [0.3, 0.4) is 0 Å². The first kappa shape index (κ1) is 17.4.